The molecule has 1 atom stereocenters. The van der Waals surface area contributed by atoms with Gasteiger partial charge in [-0.15, -0.1) is 0 Å². The zero-order chi connectivity index (χ0) is 12.7. The van der Waals surface area contributed by atoms with Crippen molar-refractivity contribution in [2.75, 3.05) is 31.4 Å². The van der Waals surface area contributed by atoms with Gasteiger partial charge in [0.05, 0.1) is 6.61 Å². The zero-order valence-electron chi connectivity index (χ0n) is 10.6. The van der Waals surface area contributed by atoms with Crippen molar-refractivity contribution in [1.29, 1.82) is 0 Å². The van der Waals surface area contributed by atoms with E-state index in [-0.39, 0.29) is 6.04 Å². The minimum atomic E-state index is 0.161. The van der Waals surface area contributed by atoms with E-state index in [9.17, 15) is 0 Å². The number of methoxy groups -OCH3 is 1. The van der Waals surface area contributed by atoms with E-state index in [1.807, 2.05) is 13.8 Å². The molecular formula is C11H20N4O2. The minimum absolute atomic E-state index is 0.161. The van der Waals surface area contributed by atoms with E-state index < -0.39 is 0 Å². The number of aromatic nitrogens is 2. The Morgan fingerprint density at radius 1 is 1.47 bits per heavy atom. The lowest BCUT2D eigenvalue weighted by molar-refractivity contribution is 0.128. The molecule has 0 spiro atoms. The van der Waals surface area contributed by atoms with Crippen molar-refractivity contribution >= 4 is 11.6 Å². The van der Waals surface area contributed by atoms with Crippen LogP contribution in [0.5, 0.6) is 0 Å². The van der Waals surface area contributed by atoms with Gasteiger partial charge in [0.25, 0.3) is 0 Å². The van der Waals surface area contributed by atoms with Crippen molar-refractivity contribution in [1.82, 2.24) is 9.97 Å². The summed E-state index contributed by atoms with van der Waals surface area (Å²) in [6, 6.07) is 1.86. The molecule has 0 fully saturated rings. The van der Waals surface area contributed by atoms with Crippen molar-refractivity contribution in [2.45, 2.75) is 26.5 Å². The molecule has 96 valence electrons. The topological polar surface area (TPSA) is 82.3 Å². The summed E-state index contributed by atoms with van der Waals surface area (Å²) in [4.78, 5) is 8.41. The molecule has 1 unspecified atom stereocenters. The van der Waals surface area contributed by atoms with Gasteiger partial charge < -0.3 is 20.5 Å². The first kappa shape index (κ1) is 13.7. The fraction of sp³-hybridized carbons (Fsp3) is 0.636. The summed E-state index contributed by atoms with van der Waals surface area (Å²) in [5.74, 6) is 1.71. The molecule has 1 heterocycles. The Hall–Kier alpha value is -1.40. The zero-order valence-corrected chi connectivity index (χ0v) is 10.6. The highest BCUT2D eigenvalue weighted by atomic mass is 16.5. The quantitative estimate of drug-likeness (QED) is 0.741. The Labute approximate surface area is 102 Å². The third-order valence-corrected chi connectivity index (χ3v) is 2.04. The molecule has 0 aliphatic rings. The summed E-state index contributed by atoms with van der Waals surface area (Å²) in [7, 11) is 1.66. The maximum Gasteiger partial charge on any atom is 0.158 e. The first-order valence-electron chi connectivity index (χ1n) is 5.62. The van der Waals surface area contributed by atoms with Crippen molar-refractivity contribution in [3.05, 3.63) is 11.9 Å². The monoisotopic (exact) mass is 240 g/mol. The van der Waals surface area contributed by atoms with Crippen molar-refractivity contribution in [2.24, 2.45) is 0 Å². The van der Waals surface area contributed by atoms with Gasteiger partial charge in [0.1, 0.15) is 18.2 Å². The lowest BCUT2D eigenvalue weighted by Gasteiger charge is -2.14. The highest BCUT2D eigenvalue weighted by molar-refractivity contribution is 5.45. The molecule has 0 amide bonds. The molecule has 6 heteroatoms. The van der Waals surface area contributed by atoms with Crippen LogP contribution >= 0.6 is 0 Å². The largest absolute Gasteiger partial charge is 0.384 e. The standard InChI is InChI=1S/C11H20N4O2/c1-4-17-7-11-14-9(12)5-10(15-11)13-8(2)6-16-3/h5,8H,4,6-7H2,1-3H3,(H3,12,13,14,15). The maximum atomic E-state index is 5.70. The SMILES string of the molecule is CCOCc1nc(N)cc(NC(C)COC)n1. The normalized spacial score (nSPS) is 12.4. The van der Waals surface area contributed by atoms with Crippen LogP contribution in [-0.4, -0.2) is 36.3 Å². The number of ether oxygens (including phenoxy) is 2. The van der Waals surface area contributed by atoms with Crippen molar-refractivity contribution < 1.29 is 9.47 Å². The number of rotatable bonds is 7. The van der Waals surface area contributed by atoms with Gasteiger partial charge in [0.2, 0.25) is 0 Å². The van der Waals surface area contributed by atoms with Gasteiger partial charge >= 0.3 is 0 Å². The van der Waals surface area contributed by atoms with Crippen molar-refractivity contribution in [3.8, 4) is 0 Å². The number of hydrogen-bond acceptors (Lipinski definition) is 6. The summed E-state index contributed by atoms with van der Waals surface area (Å²) in [6.45, 7) is 5.52. The third-order valence-electron chi connectivity index (χ3n) is 2.04. The molecule has 3 N–H and O–H groups in total. The Morgan fingerprint density at radius 2 is 2.24 bits per heavy atom. The van der Waals surface area contributed by atoms with Crippen LogP contribution in [0.2, 0.25) is 0 Å². The molecule has 17 heavy (non-hydrogen) atoms. The van der Waals surface area contributed by atoms with E-state index in [2.05, 4.69) is 15.3 Å². The number of nitrogen functional groups attached to an aromatic ring is 1. The van der Waals surface area contributed by atoms with Crippen LogP contribution in [-0.2, 0) is 16.1 Å². The van der Waals surface area contributed by atoms with Crippen LogP contribution in [0.25, 0.3) is 0 Å². The summed E-state index contributed by atoms with van der Waals surface area (Å²) < 4.78 is 10.3. The average Bonchev–Trinajstić information content (AvgIpc) is 2.25. The minimum Gasteiger partial charge on any atom is -0.384 e. The predicted molar refractivity (Wildman–Crippen MR) is 66.7 cm³/mol. The highest BCUT2D eigenvalue weighted by Crippen LogP contribution is 2.10. The Kier molecular flexibility index (Phi) is 5.65. The molecule has 0 bridgehead atoms. The van der Waals surface area contributed by atoms with Crippen LogP contribution in [0, 0.1) is 0 Å². The predicted octanol–water partition coefficient (Wildman–Crippen LogP) is 1.04. The van der Waals surface area contributed by atoms with E-state index >= 15 is 0 Å². The second-order valence-corrected chi connectivity index (χ2v) is 3.73. The van der Waals surface area contributed by atoms with Gasteiger partial charge in [-0.05, 0) is 13.8 Å². The summed E-state index contributed by atoms with van der Waals surface area (Å²) in [5.41, 5.74) is 5.70. The van der Waals surface area contributed by atoms with Gasteiger partial charge in [0, 0.05) is 25.8 Å². The smallest absolute Gasteiger partial charge is 0.158 e. The van der Waals surface area contributed by atoms with E-state index in [1.165, 1.54) is 0 Å². The molecular weight excluding hydrogens is 220 g/mol. The molecule has 0 saturated heterocycles. The Balaban J connectivity index is 2.67. The first-order chi connectivity index (χ1) is 8.15. The van der Waals surface area contributed by atoms with Crippen molar-refractivity contribution in [3.63, 3.8) is 0 Å². The van der Waals surface area contributed by atoms with Gasteiger partial charge in [-0.3, -0.25) is 0 Å². The van der Waals surface area contributed by atoms with E-state index in [4.69, 9.17) is 15.2 Å². The molecule has 0 saturated carbocycles. The highest BCUT2D eigenvalue weighted by Gasteiger charge is 2.06. The number of nitrogens with one attached hydrogen (secondary N) is 1. The van der Waals surface area contributed by atoms with Crippen LogP contribution in [0.3, 0.4) is 0 Å². The van der Waals surface area contributed by atoms with Gasteiger partial charge in [0.15, 0.2) is 5.82 Å². The third kappa shape index (κ3) is 4.97. The van der Waals surface area contributed by atoms with Gasteiger partial charge in [-0.25, -0.2) is 9.97 Å². The molecule has 1 aromatic heterocycles. The summed E-state index contributed by atoms with van der Waals surface area (Å²) >= 11 is 0. The summed E-state index contributed by atoms with van der Waals surface area (Å²) in [5, 5.41) is 3.19. The number of nitrogens with zero attached hydrogens (tertiary/aromatic N) is 2. The molecule has 1 aromatic rings. The lowest BCUT2D eigenvalue weighted by Crippen LogP contribution is -2.22. The van der Waals surface area contributed by atoms with Crippen LogP contribution in [0.4, 0.5) is 11.6 Å². The van der Waals surface area contributed by atoms with Crippen LogP contribution < -0.4 is 11.1 Å². The Morgan fingerprint density at radius 3 is 2.88 bits per heavy atom. The Bertz CT molecular complexity index is 346. The number of nitrogens with two attached hydrogens (primary N) is 1. The lowest BCUT2D eigenvalue weighted by atomic mass is 10.3. The summed E-state index contributed by atoms with van der Waals surface area (Å²) in [6.07, 6.45) is 0. The molecule has 0 aliphatic heterocycles. The molecule has 0 aliphatic carbocycles. The fourth-order valence-electron chi connectivity index (χ4n) is 1.39. The number of anilines is 2. The van der Waals surface area contributed by atoms with Crippen LogP contribution in [0.15, 0.2) is 6.07 Å². The molecule has 6 nitrogen and oxygen atoms in total. The van der Waals surface area contributed by atoms with Gasteiger partial charge in [-0.2, -0.15) is 0 Å². The van der Waals surface area contributed by atoms with Crippen LogP contribution in [0.1, 0.15) is 19.7 Å². The van der Waals surface area contributed by atoms with E-state index in [0.29, 0.717) is 37.3 Å². The fourth-order valence-corrected chi connectivity index (χ4v) is 1.39. The average molecular weight is 240 g/mol. The molecule has 0 aromatic carbocycles. The molecule has 0 radical (unpaired) electrons. The number of hydrogen-bond donors (Lipinski definition) is 2. The van der Waals surface area contributed by atoms with E-state index in [0.717, 1.165) is 0 Å². The molecule has 1 rings (SSSR count). The van der Waals surface area contributed by atoms with Gasteiger partial charge in [-0.1, -0.05) is 0 Å². The van der Waals surface area contributed by atoms with E-state index in [1.54, 1.807) is 13.2 Å². The first-order valence-corrected chi connectivity index (χ1v) is 5.62. The second-order valence-electron chi connectivity index (χ2n) is 3.73. The second kappa shape index (κ2) is 7.03. The maximum absolute atomic E-state index is 5.70.